The number of rotatable bonds is 7. The highest BCUT2D eigenvalue weighted by Crippen LogP contribution is 2.24. The second kappa shape index (κ2) is 9.09. The Labute approximate surface area is 171 Å². The molecule has 1 fully saturated rings. The number of aryl methyl sites for hydroxylation is 2. The zero-order chi connectivity index (χ0) is 20.9. The Morgan fingerprint density at radius 1 is 1.17 bits per heavy atom. The van der Waals surface area contributed by atoms with Gasteiger partial charge in [-0.15, -0.1) is 0 Å². The number of hydrogen-bond donors (Lipinski definition) is 2. The van der Waals surface area contributed by atoms with Gasteiger partial charge in [0, 0.05) is 13.1 Å². The molecule has 1 aliphatic rings. The van der Waals surface area contributed by atoms with E-state index in [4.69, 9.17) is 4.74 Å². The Balaban J connectivity index is 1.64. The van der Waals surface area contributed by atoms with Crippen molar-refractivity contribution in [1.82, 2.24) is 10.2 Å². The van der Waals surface area contributed by atoms with Crippen LogP contribution in [0.2, 0.25) is 0 Å². The molecule has 0 radical (unpaired) electrons. The Hall–Kier alpha value is -2.86. The predicted molar refractivity (Wildman–Crippen MR) is 111 cm³/mol. The highest BCUT2D eigenvalue weighted by molar-refractivity contribution is 5.88. The number of benzene rings is 2. The molecular weight excluding hydrogens is 368 g/mol. The van der Waals surface area contributed by atoms with Gasteiger partial charge in [0.25, 0.3) is 5.91 Å². The quantitative estimate of drug-likeness (QED) is 0.752. The molecular formula is C23H28N2O4. The molecule has 0 unspecified atom stereocenters. The van der Waals surface area contributed by atoms with Gasteiger partial charge in [0.05, 0.1) is 0 Å². The number of aliphatic carboxylic acids is 1. The van der Waals surface area contributed by atoms with E-state index in [1.54, 1.807) is 0 Å². The van der Waals surface area contributed by atoms with Gasteiger partial charge in [0.1, 0.15) is 5.75 Å². The standard InChI is InChI=1S/C23H28N2O4/c1-17-9-10-18(2)20(13-17)29-15-21(26)24-23(22(27)28)11-6-12-25(16-23)14-19-7-4-3-5-8-19/h3-5,7-10,13H,6,11-12,14-16H2,1-2H3,(H,24,26)(H,27,28)/t23-/m0/s1. The minimum atomic E-state index is -1.30. The smallest absolute Gasteiger partial charge is 0.330 e. The fourth-order valence-electron chi connectivity index (χ4n) is 3.76. The number of carboxylic acids is 1. The molecule has 0 aromatic heterocycles. The van der Waals surface area contributed by atoms with Crippen LogP contribution in [0.1, 0.15) is 29.5 Å². The maximum absolute atomic E-state index is 12.5. The summed E-state index contributed by atoms with van der Waals surface area (Å²) < 4.78 is 5.65. The number of ether oxygens (including phenoxy) is 1. The number of likely N-dealkylation sites (tertiary alicyclic amines) is 1. The molecule has 0 aliphatic carbocycles. The Kier molecular flexibility index (Phi) is 6.54. The molecule has 0 bridgehead atoms. The predicted octanol–water partition coefficient (Wildman–Crippen LogP) is 2.92. The number of carbonyl (C=O) groups is 2. The van der Waals surface area contributed by atoms with Crippen LogP contribution in [0.3, 0.4) is 0 Å². The topological polar surface area (TPSA) is 78.9 Å². The molecule has 154 valence electrons. The molecule has 1 heterocycles. The number of nitrogens with zero attached hydrogens (tertiary/aromatic N) is 1. The summed E-state index contributed by atoms with van der Waals surface area (Å²) in [5.74, 6) is -0.788. The van der Waals surface area contributed by atoms with Crippen LogP contribution in [-0.2, 0) is 16.1 Å². The highest BCUT2D eigenvalue weighted by atomic mass is 16.5. The van der Waals surface area contributed by atoms with Crippen molar-refractivity contribution in [2.45, 2.75) is 38.8 Å². The lowest BCUT2D eigenvalue weighted by atomic mass is 9.88. The lowest BCUT2D eigenvalue weighted by molar-refractivity contribution is -0.151. The van der Waals surface area contributed by atoms with Gasteiger partial charge in [-0.05, 0) is 56.0 Å². The largest absolute Gasteiger partial charge is 0.483 e. The first-order valence-electron chi connectivity index (χ1n) is 9.89. The molecule has 1 saturated heterocycles. The number of carbonyl (C=O) groups excluding carboxylic acids is 1. The lowest BCUT2D eigenvalue weighted by Crippen LogP contribution is -2.63. The number of nitrogens with one attached hydrogen (secondary N) is 1. The summed E-state index contributed by atoms with van der Waals surface area (Å²) in [6.07, 6.45) is 1.11. The third-order valence-electron chi connectivity index (χ3n) is 5.31. The van der Waals surface area contributed by atoms with Gasteiger partial charge in [-0.3, -0.25) is 9.69 Å². The van der Waals surface area contributed by atoms with Crippen molar-refractivity contribution < 1.29 is 19.4 Å². The average Bonchev–Trinajstić information content (AvgIpc) is 2.69. The number of amides is 1. The van der Waals surface area contributed by atoms with Gasteiger partial charge in [-0.1, -0.05) is 42.5 Å². The van der Waals surface area contributed by atoms with E-state index in [-0.39, 0.29) is 13.2 Å². The van der Waals surface area contributed by atoms with Crippen LogP contribution in [0.4, 0.5) is 0 Å². The second-order valence-electron chi connectivity index (χ2n) is 7.79. The van der Waals surface area contributed by atoms with E-state index in [0.717, 1.165) is 23.2 Å². The van der Waals surface area contributed by atoms with Crippen LogP contribution in [-0.4, -0.2) is 47.1 Å². The van der Waals surface area contributed by atoms with E-state index in [1.807, 2.05) is 62.4 Å². The molecule has 1 aliphatic heterocycles. The van der Waals surface area contributed by atoms with Crippen LogP contribution in [0.25, 0.3) is 0 Å². The number of piperidine rings is 1. The Bertz CT molecular complexity index is 868. The minimum Gasteiger partial charge on any atom is -0.483 e. The first kappa shape index (κ1) is 20.9. The van der Waals surface area contributed by atoms with Crippen molar-refractivity contribution in [3.63, 3.8) is 0 Å². The summed E-state index contributed by atoms with van der Waals surface area (Å²) in [7, 11) is 0. The third-order valence-corrected chi connectivity index (χ3v) is 5.31. The third kappa shape index (κ3) is 5.35. The molecule has 0 spiro atoms. The average molecular weight is 396 g/mol. The molecule has 3 rings (SSSR count). The summed E-state index contributed by atoms with van der Waals surface area (Å²) in [4.78, 5) is 26.7. The molecule has 2 N–H and O–H groups in total. The Morgan fingerprint density at radius 2 is 1.93 bits per heavy atom. The monoisotopic (exact) mass is 396 g/mol. The van der Waals surface area contributed by atoms with E-state index in [0.29, 0.717) is 25.1 Å². The second-order valence-corrected chi connectivity index (χ2v) is 7.79. The zero-order valence-electron chi connectivity index (χ0n) is 17.0. The van der Waals surface area contributed by atoms with Crippen molar-refractivity contribution in [1.29, 1.82) is 0 Å². The fraction of sp³-hybridized carbons (Fsp3) is 0.391. The van der Waals surface area contributed by atoms with Crippen LogP contribution >= 0.6 is 0 Å². The maximum Gasteiger partial charge on any atom is 0.330 e. The van der Waals surface area contributed by atoms with Crippen LogP contribution < -0.4 is 10.1 Å². The number of hydrogen-bond acceptors (Lipinski definition) is 4. The van der Waals surface area contributed by atoms with Gasteiger partial charge < -0.3 is 15.2 Å². The van der Waals surface area contributed by atoms with Crippen LogP contribution in [0.15, 0.2) is 48.5 Å². The van der Waals surface area contributed by atoms with Gasteiger partial charge >= 0.3 is 5.97 Å². The first-order valence-corrected chi connectivity index (χ1v) is 9.89. The fourth-order valence-corrected chi connectivity index (χ4v) is 3.76. The van der Waals surface area contributed by atoms with Gasteiger partial charge in [0.15, 0.2) is 12.1 Å². The van der Waals surface area contributed by atoms with Gasteiger partial charge in [0.2, 0.25) is 0 Å². The van der Waals surface area contributed by atoms with Gasteiger partial charge in [-0.25, -0.2) is 4.79 Å². The lowest BCUT2D eigenvalue weighted by Gasteiger charge is -2.40. The van der Waals surface area contributed by atoms with E-state index < -0.39 is 17.4 Å². The minimum absolute atomic E-state index is 0.210. The van der Waals surface area contributed by atoms with Crippen molar-refractivity contribution in [2.75, 3.05) is 19.7 Å². The molecule has 6 nitrogen and oxygen atoms in total. The number of carboxylic acid groups (broad SMARTS) is 1. The summed E-state index contributed by atoms with van der Waals surface area (Å²) in [5, 5.41) is 12.7. The van der Waals surface area contributed by atoms with E-state index >= 15 is 0 Å². The maximum atomic E-state index is 12.5. The zero-order valence-corrected chi connectivity index (χ0v) is 17.0. The molecule has 2 aromatic rings. The molecule has 6 heteroatoms. The van der Waals surface area contributed by atoms with E-state index in [1.165, 1.54) is 0 Å². The SMILES string of the molecule is Cc1ccc(C)c(OCC(=O)N[C@@]2(C(=O)O)CCCN(Cc3ccccc3)C2)c1. The van der Waals surface area contributed by atoms with Crippen molar-refractivity contribution in [2.24, 2.45) is 0 Å². The van der Waals surface area contributed by atoms with Crippen LogP contribution in [0.5, 0.6) is 5.75 Å². The summed E-state index contributed by atoms with van der Waals surface area (Å²) in [6.45, 7) is 5.39. The molecule has 0 saturated carbocycles. The van der Waals surface area contributed by atoms with Crippen LogP contribution in [0, 0.1) is 13.8 Å². The molecule has 1 atom stereocenters. The molecule has 2 aromatic carbocycles. The van der Waals surface area contributed by atoms with Crippen molar-refractivity contribution >= 4 is 11.9 Å². The van der Waals surface area contributed by atoms with Crippen molar-refractivity contribution in [3.05, 3.63) is 65.2 Å². The normalized spacial score (nSPS) is 19.5. The Morgan fingerprint density at radius 3 is 2.66 bits per heavy atom. The first-order chi connectivity index (χ1) is 13.9. The van der Waals surface area contributed by atoms with Crippen molar-refractivity contribution in [3.8, 4) is 5.75 Å². The summed E-state index contributed by atoms with van der Waals surface area (Å²) in [5.41, 5.74) is 1.80. The van der Waals surface area contributed by atoms with Gasteiger partial charge in [-0.2, -0.15) is 0 Å². The highest BCUT2D eigenvalue weighted by Gasteiger charge is 2.43. The molecule has 1 amide bonds. The summed E-state index contributed by atoms with van der Waals surface area (Å²) in [6, 6.07) is 15.7. The van der Waals surface area contributed by atoms with E-state index in [9.17, 15) is 14.7 Å². The van der Waals surface area contributed by atoms with E-state index in [2.05, 4.69) is 10.2 Å². The molecule has 29 heavy (non-hydrogen) atoms. The summed E-state index contributed by atoms with van der Waals surface area (Å²) >= 11 is 0.